The number of nitrogens with one attached hydrogen (secondary N) is 2. The number of nitrogens with zero attached hydrogens (tertiary/aromatic N) is 2. The number of fused-ring (bicyclic) bond motifs is 1. The summed E-state index contributed by atoms with van der Waals surface area (Å²) in [6.45, 7) is -0.343. The van der Waals surface area contributed by atoms with E-state index in [-0.39, 0.29) is 23.5 Å². The number of benzene rings is 3. The SMILES string of the molecule is O=C(Cn1ncc2ccccc2c1=O)Nc1cccc(C(=O)Nc2cccc(C(F)(F)F)c2)c1. The summed E-state index contributed by atoms with van der Waals surface area (Å²) in [5.41, 5.74) is -0.922. The van der Waals surface area contributed by atoms with Crippen LogP contribution < -0.4 is 16.2 Å². The highest BCUT2D eigenvalue weighted by Crippen LogP contribution is 2.30. The molecule has 2 N–H and O–H groups in total. The molecule has 4 rings (SSSR count). The zero-order valence-corrected chi connectivity index (χ0v) is 17.5. The molecule has 172 valence electrons. The van der Waals surface area contributed by atoms with E-state index in [1.165, 1.54) is 42.6 Å². The number of aromatic nitrogens is 2. The first-order valence-electron chi connectivity index (χ1n) is 10.0. The van der Waals surface area contributed by atoms with Gasteiger partial charge in [0.15, 0.2) is 0 Å². The molecule has 1 heterocycles. The lowest BCUT2D eigenvalue weighted by atomic mass is 10.1. The average molecular weight is 466 g/mol. The maximum atomic E-state index is 12.9. The van der Waals surface area contributed by atoms with Crippen molar-refractivity contribution in [1.82, 2.24) is 9.78 Å². The quantitative estimate of drug-likeness (QED) is 0.459. The van der Waals surface area contributed by atoms with Crippen LogP contribution in [0.3, 0.4) is 0 Å². The summed E-state index contributed by atoms with van der Waals surface area (Å²) in [5.74, 6) is -1.19. The summed E-state index contributed by atoms with van der Waals surface area (Å²) in [4.78, 5) is 37.5. The second-order valence-electron chi connectivity index (χ2n) is 7.36. The molecule has 0 bridgehead atoms. The van der Waals surface area contributed by atoms with Gasteiger partial charge in [-0.2, -0.15) is 18.3 Å². The third-order valence-corrected chi connectivity index (χ3v) is 4.91. The lowest BCUT2D eigenvalue weighted by Gasteiger charge is -2.11. The molecule has 34 heavy (non-hydrogen) atoms. The van der Waals surface area contributed by atoms with Crippen LogP contribution in [0, 0.1) is 0 Å². The van der Waals surface area contributed by atoms with Crippen molar-refractivity contribution in [2.24, 2.45) is 0 Å². The Hall–Kier alpha value is -4.47. The first kappa shape index (κ1) is 22.7. The lowest BCUT2D eigenvalue weighted by molar-refractivity contribution is -0.137. The molecule has 4 aromatic rings. The van der Waals surface area contributed by atoms with Gasteiger partial charge in [-0.3, -0.25) is 14.4 Å². The van der Waals surface area contributed by atoms with Gasteiger partial charge in [0.1, 0.15) is 6.54 Å². The molecule has 3 aromatic carbocycles. The molecule has 2 amide bonds. The molecule has 0 aliphatic carbocycles. The molecule has 0 radical (unpaired) electrons. The molecule has 10 heteroatoms. The molecular formula is C24H17F3N4O3. The lowest BCUT2D eigenvalue weighted by Crippen LogP contribution is -2.29. The molecular weight excluding hydrogens is 449 g/mol. The Morgan fingerprint density at radius 2 is 1.59 bits per heavy atom. The van der Waals surface area contributed by atoms with E-state index in [4.69, 9.17) is 0 Å². The van der Waals surface area contributed by atoms with E-state index in [1.807, 2.05) is 0 Å². The molecule has 0 aliphatic heterocycles. The van der Waals surface area contributed by atoms with Crippen molar-refractivity contribution in [2.75, 3.05) is 10.6 Å². The summed E-state index contributed by atoms with van der Waals surface area (Å²) < 4.78 is 39.7. The largest absolute Gasteiger partial charge is 0.416 e. The third-order valence-electron chi connectivity index (χ3n) is 4.91. The van der Waals surface area contributed by atoms with Crippen molar-refractivity contribution >= 4 is 34.0 Å². The number of carbonyl (C=O) groups is 2. The van der Waals surface area contributed by atoms with Gasteiger partial charge in [-0.05, 0) is 42.5 Å². The van der Waals surface area contributed by atoms with Crippen LogP contribution in [-0.2, 0) is 17.5 Å². The predicted octanol–water partition coefficient (Wildman–Crippen LogP) is 4.31. The van der Waals surface area contributed by atoms with Gasteiger partial charge < -0.3 is 10.6 Å². The zero-order chi connectivity index (χ0) is 24.3. The van der Waals surface area contributed by atoms with Crippen LogP contribution >= 0.6 is 0 Å². The molecule has 0 unspecified atom stereocenters. The third kappa shape index (κ3) is 5.12. The molecule has 7 nitrogen and oxygen atoms in total. The molecule has 0 saturated heterocycles. The number of alkyl halides is 3. The van der Waals surface area contributed by atoms with Crippen LogP contribution in [0.4, 0.5) is 24.5 Å². The minimum Gasteiger partial charge on any atom is -0.324 e. The van der Waals surface area contributed by atoms with E-state index in [0.29, 0.717) is 10.8 Å². The first-order valence-corrected chi connectivity index (χ1v) is 10.0. The highest BCUT2D eigenvalue weighted by Gasteiger charge is 2.30. The Morgan fingerprint density at radius 1 is 0.882 bits per heavy atom. The molecule has 0 fully saturated rings. The van der Waals surface area contributed by atoms with E-state index in [9.17, 15) is 27.6 Å². The number of halogens is 3. The number of rotatable bonds is 5. The Kier molecular flexibility index (Phi) is 6.13. The van der Waals surface area contributed by atoms with Crippen molar-refractivity contribution in [3.63, 3.8) is 0 Å². The molecule has 0 spiro atoms. The summed E-state index contributed by atoms with van der Waals surface area (Å²) in [6, 6.07) is 17.0. The predicted molar refractivity (Wildman–Crippen MR) is 120 cm³/mol. The fourth-order valence-electron chi connectivity index (χ4n) is 3.29. The van der Waals surface area contributed by atoms with Gasteiger partial charge in [0.25, 0.3) is 11.5 Å². The Bertz CT molecular complexity index is 1450. The van der Waals surface area contributed by atoms with Crippen LogP contribution in [0.2, 0.25) is 0 Å². The maximum absolute atomic E-state index is 12.9. The van der Waals surface area contributed by atoms with Crippen molar-refractivity contribution in [2.45, 2.75) is 12.7 Å². The summed E-state index contributed by atoms with van der Waals surface area (Å²) in [6.07, 6.45) is -3.05. The van der Waals surface area contributed by atoms with E-state index in [1.54, 1.807) is 24.3 Å². The second kappa shape index (κ2) is 9.18. The van der Waals surface area contributed by atoms with Crippen LogP contribution in [-0.4, -0.2) is 21.6 Å². The fourth-order valence-corrected chi connectivity index (χ4v) is 3.29. The monoisotopic (exact) mass is 466 g/mol. The topological polar surface area (TPSA) is 93.1 Å². The number of anilines is 2. The van der Waals surface area contributed by atoms with Crippen LogP contribution in [0.1, 0.15) is 15.9 Å². The van der Waals surface area contributed by atoms with E-state index in [2.05, 4.69) is 15.7 Å². The minimum absolute atomic E-state index is 0.0176. The number of amides is 2. The van der Waals surface area contributed by atoms with Crippen molar-refractivity contribution < 1.29 is 22.8 Å². The number of hydrogen-bond acceptors (Lipinski definition) is 4. The summed E-state index contributed by atoms with van der Waals surface area (Å²) >= 11 is 0. The van der Waals surface area contributed by atoms with Crippen molar-refractivity contribution in [3.05, 3.63) is 100 Å². The Morgan fingerprint density at radius 3 is 2.35 bits per heavy atom. The highest BCUT2D eigenvalue weighted by atomic mass is 19.4. The molecule has 0 saturated carbocycles. The summed E-state index contributed by atoms with van der Waals surface area (Å²) in [7, 11) is 0. The van der Waals surface area contributed by atoms with E-state index < -0.39 is 29.1 Å². The normalized spacial score (nSPS) is 11.3. The number of carbonyl (C=O) groups excluding carboxylic acids is 2. The van der Waals surface area contributed by atoms with Crippen LogP contribution in [0.5, 0.6) is 0 Å². The molecule has 0 aliphatic rings. The summed E-state index contributed by atoms with van der Waals surface area (Å²) in [5, 5.41) is 10.1. The van der Waals surface area contributed by atoms with Gasteiger partial charge in [-0.1, -0.05) is 30.3 Å². The van der Waals surface area contributed by atoms with Crippen molar-refractivity contribution in [3.8, 4) is 0 Å². The van der Waals surface area contributed by atoms with Crippen molar-refractivity contribution in [1.29, 1.82) is 0 Å². The fraction of sp³-hybridized carbons (Fsp3) is 0.0833. The Labute approximate surface area is 190 Å². The highest BCUT2D eigenvalue weighted by molar-refractivity contribution is 6.05. The van der Waals surface area contributed by atoms with Gasteiger partial charge >= 0.3 is 6.18 Å². The first-order chi connectivity index (χ1) is 16.2. The van der Waals surface area contributed by atoms with Crippen LogP contribution in [0.15, 0.2) is 83.8 Å². The minimum atomic E-state index is -4.53. The second-order valence-corrected chi connectivity index (χ2v) is 7.36. The standard InChI is InChI=1S/C24H17F3N4O3/c25-24(26,27)17-7-4-9-19(12-17)30-22(33)15-6-3-8-18(11-15)29-21(32)14-31-23(34)20-10-2-1-5-16(20)13-28-31/h1-13H,14H2,(H,29,32)(H,30,33). The zero-order valence-electron chi connectivity index (χ0n) is 17.5. The maximum Gasteiger partial charge on any atom is 0.416 e. The van der Waals surface area contributed by atoms with Gasteiger partial charge in [0.05, 0.1) is 17.1 Å². The van der Waals surface area contributed by atoms with Gasteiger partial charge in [-0.25, -0.2) is 4.68 Å². The number of hydrogen-bond donors (Lipinski definition) is 2. The van der Waals surface area contributed by atoms with Gasteiger partial charge in [0, 0.05) is 22.3 Å². The Balaban J connectivity index is 1.45. The molecule has 0 atom stereocenters. The van der Waals surface area contributed by atoms with Crippen LogP contribution in [0.25, 0.3) is 10.8 Å². The smallest absolute Gasteiger partial charge is 0.324 e. The molecule has 1 aromatic heterocycles. The van der Waals surface area contributed by atoms with E-state index in [0.717, 1.165) is 16.8 Å². The van der Waals surface area contributed by atoms with E-state index >= 15 is 0 Å². The van der Waals surface area contributed by atoms with Gasteiger partial charge in [0.2, 0.25) is 5.91 Å². The average Bonchev–Trinajstić information content (AvgIpc) is 2.81. The van der Waals surface area contributed by atoms with Gasteiger partial charge in [-0.15, -0.1) is 0 Å².